The number of benzene rings is 2. The van der Waals surface area contributed by atoms with E-state index in [0.717, 1.165) is 10.2 Å². The van der Waals surface area contributed by atoms with E-state index >= 15 is 0 Å². The number of fused-ring (bicyclic) bond motifs is 1. The first-order valence-electron chi connectivity index (χ1n) is 7.62. The fraction of sp³-hybridized carbons (Fsp3) is 0.167. The summed E-state index contributed by atoms with van der Waals surface area (Å²) in [5, 5.41) is 0.256. The average molecular weight is 357 g/mol. The Balaban J connectivity index is 1.97. The van der Waals surface area contributed by atoms with E-state index in [4.69, 9.17) is 0 Å². The van der Waals surface area contributed by atoms with Gasteiger partial charge in [0.25, 0.3) is 5.56 Å². The van der Waals surface area contributed by atoms with Crippen molar-refractivity contribution in [2.24, 2.45) is 0 Å². The highest BCUT2D eigenvalue weighted by Gasteiger charge is 2.14. The molecule has 128 valence electrons. The van der Waals surface area contributed by atoms with Crippen molar-refractivity contribution in [1.29, 1.82) is 0 Å². The second-order valence-corrected chi connectivity index (χ2v) is 6.33. The zero-order valence-electron chi connectivity index (χ0n) is 13.5. The zero-order chi connectivity index (χ0) is 17.8. The molecule has 1 aromatic heterocycles. The van der Waals surface area contributed by atoms with Crippen molar-refractivity contribution in [3.05, 3.63) is 76.1 Å². The quantitative estimate of drug-likeness (QED) is 0.763. The zero-order valence-corrected chi connectivity index (χ0v) is 14.3. The number of hydrogen-bond donors (Lipinski definition) is 1. The third-order valence-electron chi connectivity index (χ3n) is 3.62. The molecule has 1 amide bonds. The molecule has 7 heteroatoms. The van der Waals surface area contributed by atoms with Crippen LogP contribution in [0.25, 0.3) is 10.9 Å². The SMILES string of the molecule is CSCc1nc2cc(F)ccc2c(=O)n1NC(=O)Cc1ccccc1. The smallest absolute Gasteiger partial charge is 0.273 e. The molecule has 0 bridgehead atoms. The van der Waals surface area contributed by atoms with E-state index in [9.17, 15) is 14.0 Å². The molecule has 0 spiro atoms. The fourth-order valence-electron chi connectivity index (χ4n) is 2.49. The fourth-order valence-corrected chi connectivity index (χ4v) is 2.94. The lowest BCUT2D eigenvalue weighted by Gasteiger charge is -2.14. The van der Waals surface area contributed by atoms with E-state index in [-0.39, 0.29) is 23.2 Å². The molecule has 0 radical (unpaired) electrons. The molecule has 0 saturated heterocycles. The van der Waals surface area contributed by atoms with Gasteiger partial charge in [-0.1, -0.05) is 30.3 Å². The van der Waals surface area contributed by atoms with E-state index in [1.807, 2.05) is 36.6 Å². The molecule has 1 N–H and O–H groups in total. The van der Waals surface area contributed by atoms with E-state index in [0.29, 0.717) is 11.6 Å². The summed E-state index contributed by atoms with van der Waals surface area (Å²) < 4.78 is 14.6. The number of carbonyl (C=O) groups excluding carboxylic acids is 1. The maximum absolute atomic E-state index is 13.4. The molecule has 0 saturated carbocycles. The van der Waals surface area contributed by atoms with Crippen LogP contribution in [0.2, 0.25) is 0 Å². The molecule has 25 heavy (non-hydrogen) atoms. The van der Waals surface area contributed by atoms with E-state index in [1.54, 1.807) is 0 Å². The van der Waals surface area contributed by atoms with E-state index in [2.05, 4.69) is 10.4 Å². The molecule has 3 aromatic rings. The van der Waals surface area contributed by atoms with Crippen LogP contribution in [0.15, 0.2) is 53.3 Å². The van der Waals surface area contributed by atoms with Crippen LogP contribution in [0.5, 0.6) is 0 Å². The van der Waals surface area contributed by atoms with Gasteiger partial charge in [0.2, 0.25) is 5.91 Å². The summed E-state index contributed by atoms with van der Waals surface area (Å²) in [6.07, 6.45) is 2.01. The summed E-state index contributed by atoms with van der Waals surface area (Å²) >= 11 is 1.45. The van der Waals surface area contributed by atoms with Crippen molar-refractivity contribution in [1.82, 2.24) is 9.66 Å². The Kier molecular flexibility index (Phi) is 5.14. The standard InChI is InChI=1S/C18H16FN3O2S/c1-25-11-16-20-15-10-13(19)7-8-14(15)18(24)22(16)21-17(23)9-12-5-3-2-4-6-12/h2-8,10H,9,11H2,1H3,(H,21,23). The van der Waals surface area contributed by atoms with Crippen molar-refractivity contribution < 1.29 is 9.18 Å². The summed E-state index contributed by atoms with van der Waals surface area (Å²) in [5.41, 5.74) is 3.32. The van der Waals surface area contributed by atoms with Crippen molar-refractivity contribution in [3.8, 4) is 0 Å². The molecule has 0 aliphatic rings. The van der Waals surface area contributed by atoms with Crippen LogP contribution in [0.1, 0.15) is 11.4 Å². The van der Waals surface area contributed by atoms with Crippen molar-refractivity contribution in [2.45, 2.75) is 12.2 Å². The van der Waals surface area contributed by atoms with Crippen molar-refractivity contribution >= 4 is 28.6 Å². The van der Waals surface area contributed by atoms with Crippen molar-refractivity contribution in [2.75, 3.05) is 11.7 Å². The highest BCUT2D eigenvalue weighted by atomic mass is 32.2. The lowest BCUT2D eigenvalue weighted by Crippen LogP contribution is -2.37. The molecule has 3 rings (SSSR count). The number of aromatic nitrogens is 2. The second kappa shape index (κ2) is 7.48. The number of rotatable bonds is 5. The molecule has 1 heterocycles. The number of thioether (sulfide) groups is 1. The van der Waals surface area contributed by atoms with Gasteiger partial charge < -0.3 is 0 Å². The van der Waals surface area contributed by atoms with Crippen LogP contribution in [-0.2, 0) is 17.0 Å². The normalized spacial score (nSPS) is 10.8. The van der Waals surface area contributed by atoms with Gasteiger partial charge in [-0.25, -0.2) is 14.1 Å². The molecular formula is C18H16FN3O2S. The number of nitrogens with one attached hydrogen (secondary N) is 1. The Hall–Kier alpha value is -2.67. The Morgan fingerprint density at radius 3 is 2.72 bits per heavy atom. The summed E-state index contributed by atoms with van der Waals surface area (Å²) in [5.74, 6) is 0.00382. The van der Waals surface area contributed by atoms with Gasteiger partial charge in [0.05, 0.1) is 23.1 Å². The minimum atomic E-state index is -0.458. The highest BCUT2D eigenvalue weighted by Crippen LogP contribution is 2.13. The number of halogens is 1. The number of carbonyl (C=O) groups is 1. The van der Waals surface area contributed by atoms with Crippen LogP contribution >= 0.6 is 11.8 Å². The maximum Gasteiger partial charge on any atom is 0.280 e. The Labute approximate surface area is 147 Å². The summed E-state index contributed by atoms with van der Waals surface area (Å²) in [4.78, 5) is 29.3. The van der Waals surface area contributed by atoms with E-state index in [1.165, 1.54) is 30.0 Å². The van der Waals surface area contributed by atoms with Gasteiger partial charge in [-0.2, -0.15) is 11.8 Å². The number of amides is 1. The van der Waals surface area contributed by atoms with Crippen LogP contribution < -0.4 is 11.0 Å². The monoisotopic (exact) mass is 357 g/mol. The number of nitrogens with zero attached hydrogens (tertiary/aromatic N) is 2. The molecule has 0 atom stereocenters. The third kappa shape index (κ3) is 3.88. The second-order valence-electron chi connectivity index (χ2n) is 5.46. The Bertz CT molecular complexity index is 973. The molecule has 2 aromatic carbocycles. The number of hydrogen-bond acceptors (Lipinski definition) is 4. The predicted molar refractivity (Wildman–Crippen MR) is 97.7 cm³/mol. The first-order chi connectivity index (χ1) is 12.1. The molecule has 0 aliphatic heterocycles. The summed E-state index contributed by atoms with van der Waals surface area (Å²) in [6.45, 7) is 0. The van der Waals surface area contributed by atoms with Gasteiger partial charge in [-0.3, -0.25) is 15.0 Å². The van der Waals surface area contributed by atoms with Crippen molar-refractivity contribution in [3.63, 3.8) is 0 Å². The van der Waals surface area contributed by atoms with Gasteiger partial charge in [-0.05, 0) is 24.0 Å². The van der Waals surface area contributed by atoms with Crippen LogP contribution in [0.4, 0.5) is 4.39 Å². The van der Waals surface area contributed by atoms with E-state index < -0.39 is 11.4 Å². The lowest BCUT2D eigenvalue weighted by molar-refractivity contribution is -0.116. The molecule has 5 nitrogen and oxygen atoms in total. The minimum absolute atomic E-state index is 0.146. The van der Waals surface area contributed by atoms with Gasteiger partial charge in [0.15, 0.2) is 0 Å². The average Bonchev–Trinajstić information content (AvgIpc) is 2.59. The molecule has 0 aliphatic carbocycles. The summed E-state index contributed by atoms with van der Waals surface area (Å²) in [6, 6.07) is 13.0. The van der Waals surface area contributed by atoms with Crippen LogP contribution in [0.3, 0.4) is 0 Å². The van der Waals surface area contributed by atoms with Gasteiger partial charge in [0.1, 0.15) is 11.6 Å². The molecule has 0 fully saturated rings. The topological polar surface area (TPSA) is 64.0 Å². The largest absolute Gasteiger partial charge is 0.280 e. The first kappa shape index (κ1) is 17.2. The Morgan fingerprint density at radius 2 is 2.00 bits per heavy atom. The predicted octanol–water partition coefficient (Wildman–Crippen LogP) is 2.71. The van der Waals surface area contributed by atoms with Crippen LogP contribution in [0, 0.1) is 5.82 Å². The third-order valence-corrected chi connectivity index (χ3v) is 4.17. The highest BCUT2D eigenvalue weighted by molar-refractivity contribution is 7.97. The van der Waals surface area contributed by atoms with Gasteiger partial charge in [-0.15, -0.1) is 0 Å². The molecular weight excluding hydrogens is 341 g/mol. The minimum Gasteiger partial charge on any atom is -0.273 e. The maximum atomic E-state index is 13.4. The first-order valence-corrected chi connectivity index (χ1v) is 9.02. The molecule has 0 unspecified atom stereocenters. The van der Waals surface area contributed by atoms with Gasteiger partial charge in [0, 0.05) is 6.07 Å². The van der Waals surface area contributed by atoms with Gasteiger partial charge >= 0.3 is 0 Å². The summed E-state index contributed by atoms with van der Waals surface area (Å²) in [7, 11) is 0. The Morgan fingerprint density at radius 1 is 1.24 bits per heavy atom. The van der Waals surface area contributed by atoms with Crippen LogP contribution in [-0.4, -0.2) is 21.8 Å². The lowest BCUT2D eigenvalue weighted by atomic mass is 10.1.